The van der Waals surface area contributed by atoms with Crippen LogP contribution in [-0.4, -0.2) is 16.1 Å². The largest absolute Gasteiger partial charge is 0.478 e. The van der Waals surface area contributed by atoms with Crippen LogP contribution < -0.4 is 0 Å². The molecule has 5 heteroatoms. The Morgan fingerprint density at radius 2 is 2.08 bits per heavy atom. The molecule has 2 aromatic heterocycles. The number of nitrogens with zero attached hydrogens (tertiary/aromatic N) is 1. The Bertz CT molecular complexity index is 1010. The number of furan rings is 1. The van der Waals surface area contributed by atoms with Crippen LogP contribution in [0.2, 0.25) is 0 Å². The highest BCUT2D eigenvalue weighted by Gasteiger charge is 2.36. The molecule has 126 valence electrons. The molecule has 4 rings (SSSR count). The van der Waals surface area contributed by atoms with E-state index in [-0.39, 0.29) is 5.56 Å². The predicted molar refractivity (Wildman–Crippen MR) is 101 cm³/mol. The smallest absolute Gasteiger partial charge is 0.336 e. The van der Waals surface area contributed by atoms with Crippen molar-refractivity contribution in [2.75, 3.05) is 0 Å². The number of benzene rings is 1. The van der Waals surface area contributed by atoms with Gasteiger partial charge in [0.05, 0.1) is 16.8 Å². The quantitative estimate of drug-likeness (QED) is 0.623. The van der Waals surface area contributed by atoms with Crippen molar-refractivity contribution < 1.29 is 14.3 Å². The van der Waals surface area contributed by atoms with Gasteiger partial charge in [0, 0.05) is 15.8 Å². The van der Waals surface area contributed by atoms with Gasteiger partial charge in [0.2, 0.25) is 0 Å². The first-order chi connectivity index (χ1) is 12.0. The van der Waals surface area contributed by atoms with Gasteiger partial charge in [0.1, 0.15) is 11.5 Å². The number of carboxylic acids is 1. The molecule has 0 saturated heterocycles. The summed E-state index contributed by atoms with van der Waals surface area (Å²) in [6.07, 6.45) is 4.79. The van der Waals surface area contributed by atoms with Crippen molar-refractivity contribution in [1.82, 2.24) is 4.98 Å². The van der Waals surface area contributed by atoms with Crippen LogP contribution in [0.5, 0.6) is 0 Å². The zero-order valence-electron chi connectivity index (χ0n) is 13.6. The molecule has 1 aliphatic carbocycles. The van der Waals surface area contributed by atoms with Crippen LogP contribution in [0.15, 0.2) is 45.3 Å². The molecule has 0 amide bonds. The fraction of sp³-hybridized carbons (Fsp3) is 0.200. The zero-order valence-corrected chi connectivity index (χ0v) is 15.2. The molecule has 0 radical (unpaired) electrons. The van der Waals surface area contributed by atoms with Gasteiger partial charge in [-0.3, -0.25) is 0 Å². The van der Waals surface area contributed by atoms with Crippen LogP contribution in [0.4, 0.5) is 0 Å². The molecule has 1 aromatic carbocycles. The van der Waals surface area contributed by atoms with Crippen molar-refractivity contribution in [2.45, 2.75) is 19.3 Å². The van der Waals surface area contributed by atoms with E-state index in [0.29, 0.717) is 28.4 Å². The van der Waals surface area contributed by atoms with E-state index >= 15 is 0 Å². The second-order valence-corrected chi connectivity index (χ2v) is 7.37. The molecule has 2 atom stereocenters. The number of aromatic carboxylic acids is 1. The molecule has 1 fully saturated rings. The molecule has 25 heavy (non-hydrogen) atoms. The van der Waals surface area contributed by atoms with E-state index in [9.17, 15) is 9.90 Å². The molecule has 1 N–H and O–H groups in total. The minimum atomic E-state index is -0.969. The topological polar surface area (TPSA) is 63.3 Å². The summed E-state index contributed by atoms with van der Waals surface area (Å²) in [6.45, 7) is 2.22. The number of pyridine rings is 1. The third kappa shape index (κ3) is 3.24. The van der Waals surface area contributed by atoms with Crippen molar-refractivity contribution >= 4 is 45.0 Å². The molecule has 3 aromatic rings. The molecule has 2 heterocycles. The normalized spacial score (nSPS) is 19.6. The van der Waals surface area contributed by atoms with Crippen molar-refractivity contribution in [3.05, 3.63) is 63.6 Å². The average molecular weight is 398 g/mol. The Hall–Kier alpha value is -2.40. The van der Waals surface area contributed by atoms with Gasteiger partial charge in [-0.2, -0.15) is 0 Å². The molecule has 1 aliphatic rings. The summed E-state index contributed by atoms with van der Waals surface area (Å²) in [5.41, 5.74) is 1.47. The fourth-order valence-electron chi connectivity index (χ4n) is 3.02. The van der Waals surface area contributed by atoms with E-state index in [1.165, 1.54) is 6.42 Å². The summed E-state index contributed by atoms with van der Waals surface area (Å²) < 4.78 is 6.67. The van der Waals surface area contributed by atoms with Crippen LogP contribution in [0, 0.1) is 5.92 Å². The van der Waals surface area contributed by atoms with Crippen LogP contribution in [0.3, 0.4) is 0 Å². The van der Waals surface area contributed by atoms with Crippen LogP contribution in [0.25, 0.3) is 23.1 Å². The number of fused-ring (bicyclic) bond motifs is 1. The predicted octanol–water partition coefficient (Wildman–Crippen LogP) is 5.58. The third-order valence-corrected chi connectivity index (χ3v) is 5.06. The maximum atomic E-state index is 11.6. The van der Waals surface area contributed by atoms with E-state index in [1.807, 2.05) is 30.3 Å². The fourth-order valence-corrected chi connectivity index (χ4v) is 3.39. The lowest BCUT2D eigenvalue weighted by molar-refractivity contribution is 0.0699. The van der Waals surface area contributed by atoms with Crippen LogP contribution in [0.1, 0.15) is 46.8 Å². The number of hydrogen-bond donors (Lipinski definition) is 1. The van der Waals surface area contributed by atoms with Crippen molar-refractivity contribution in [3.8, 4) is 0 Å². The van der Waals surface area contributed by atoms with E-state index in [0.717, 1.165) is 16.0 Å². The third-order valence-electron chi connectivity index (χ3n) is 4.56. The summed E-state index contributed by atoms with van der Waals surface area (Å²) in [6, 6.07) is 11.0. The Kier molecular flexibility index (Phi) is 3.96. The first kappa shape index (κ1) is 16.1. The molecule has 0 spiro atoms. The van der Waals surface area contributed by atoms with Gasteiger partial charge in [-0.25, -0.2) is 9.78 Å². The lowest BCUT2D eigenvalue weighted by atomic mass is 10.1. The van der Waals surface area contributed by atoms with Crippen molar-refractivity contribution in [1.29, 1.82) is 0 Å². The van der Waals surface area contributed by atoms with Crippen LogP contribution >= 0.6 is 15.9 Å². The van der Waals surface area contributed by atoms with Gasteiger partial charge in [-0.05, 0) is 60.9 Å². The Balaban J connectivity index is 1.68. The lowest BCUT2D eigenvalue weighted by Crippen LogP contribution is -2.00. The molecular weight excluding hydrogens is 382 g/mol. The Labute approximate surface area is 153 Å². The van der Waals surface area contributed by atoms with Crippen molar-refractivity contribution in [2.24, 2.45) is 5.92 Å². The Morgan fingerprint density at radius 1 is 1.28 bits per heavy atom. The Morgan fingerprint density at radius 3 is 2.80 bits per heavy atom. The first-order valence-corrected chi connectivity index (χ1v) is 8.92. The average Bonchev–Trinajstić information content (AvgIpc) is 3.13. The second kappa shape index (κ2) is 6.15. The van der Waals surface area contributed by atoms with Crippen molar-refractivity contribution in [3.63, 3.8) is 0 Å². The molecule has 0 aliphatic heterocycles. The lowest BCUT2D eigenvalue weighted by Gasteiger charge is -2.05. The van der Waals surface area contributed by atoms with Gasteiger partial charge in [0.15, 0.2) is 0 Å². The summed E-state index contributed by atoms with van der Waals surface area (Å²) >= 11 is 3.37. The van der Waals surface area contributed by atoms with Gasteiger partial charge in [-0.15, -0.1) is 0 Å². The monoisotopic (exact) mass is 397 g/mol. The van der Waals surface area contributed by atoms with Gasteiger partial charge < -0.3 is 9.52 Å². The molecule has 2 unspecified atom stereocenters. The zero-order chi connectivity index (χ0) is 17.6. The second-order valence-electron chi connectivity index (χ2n) is 6.45. The van der Waals surface area contributed by atoms with Gasteiger partial charge in [0.25, 0.3) is 0 Å². The van der Waals surface area contributed by atoms with E-state index in [1.54, 1.807) is 18.2 Å². The minimum Gasteiger partial charge on any atom is -0.478 e. The molecule has 4 nitrogen and oxygen atoms in total. The summed E-state index contributed by atoms with van der Waals surface area (Å²) in [7, 11) is 0. The summed E-state index contributed by atoms with van der Waals surface area (Å²) in [4.78, 5) is 16.1. The summed E-state index contributed by atoms with van der Waals surface area (Å²) in [5.74, 6) is 2.04. The maximum Gasteiger partial charge on any atom is 0.336 e. The first-order valence-electron chi connectivity index (χ1n) is 8.12. The highest BCUT2D eigenvalue weighted by atomic mass is 79.9. The van der Waals surface area contributed by atoms with E-state index in [4.69, 9.17) is 4.42 Å². The SMILES string of the molecule is CC1CC1c1ccc(C=Cc2cc(C(=O)O)c3cc(Br)ccc3n2)o1. The number of aromatic nitrogens is 1. The minimum absolute atomic E-state index is 0.234. The molecule has 1 saturated carbocycles. The van der Waals surface area contributed by atoms with E-state index < -0.39 is 5.97 Å². The number of halogens is 1. The highest BCUT2D eigenvalue weighted by molar-refractivity contribution is 9.10. The van der Waals surface area contributed by atoms with Gasteiger partial charge >= 0.3 is 5.97 Å². The number of rotatable bonds is 4. The molecular formula is C20H16BrNO3. The summed E-state index contributed by atoms with van der Waals surface area (Å²) in [5, 5.41) is 10.1. The van der Waals surface area contributed by atoms with Gasteiger partial charge in [-0.1, -0.05) is 22.9 Å². The highest BCUT2D eigenvalue weighted by Crippen LogP contribution is 2.47. The number of carboxylic acid groups (broad SMARTS) is 1. The number of carbonyl (C=O) groups is 1. The standard InChI is InChI=1S/C20H16BrNO3/c1-11-8-15(11)19-7-5-14(25-19)4-3-13-10-17(20(23)24)16-9-12(21)2-6-18(16)22-13/h2-7,9-11,15H,8H2,1H3,(H,23,24). The van der Waals surface area contributed by atoms with E-state index in [2.05, 4.69) is 27.8 Å². The number of hydrogen-bond acceptors (Lipinski definition) is 3. The maximum absolute atomic E-state index is 11.6. The molecule has 0 bridgehead atoms. The van der Waals surface area contributed by atoms with Crippen LogP contribution in [-0.2, 0) is 0 Å².